The van der Waals surface area contributed by atoms with Crippen LogP contribution in [0.4, 0.5) is 0 Å². The van der Waals surface area contributed by atoms with Crippen molar-refractivity contribution < 1.29 is 9.84 Å². The van der Waals surface area contributed by atoms with Gasteiger partial charge in [0.2, 0.25) is 0 Å². The maximum atomic E-state index is 9.12. The molecule has 0 aromatic heterocycles. The van der Waals surface area contributed by atoms with Gasteiger partial charge in [-0.15, -0.1) is 0 Å². The van der Waals surface area contributed by atoms with E-state index in [1.165, 1.54) is 12.8 Å². The van der Waals surface area contributed by atoms with Crippen molar-refractivity contribution in [3.63, 3.8) is 0 Å². The quantitative estimate of drug-likeness (QED) is 0.618. The van der Waals surface area contributed by atoms with E-state index < -0.39 is 0 Å². The standard InChI is InChI=1S/C9H16O2/c10-9-5-8(6-9)7-1-3-11-4-2-7/h7-10H,1-6H2. The summed E-state index contributed by atoms with van der Waals surface area (Å²) in [5.74, 6) is 1.67. The van der Waals surface area contributed by atoms with E-state index >= 15 is 0 Å². The van der Waals surface area contributed by atoms with Gasteiger partial charge >= 0.3 is 0 Å². The molecule has 0 bridgehead atoms. The van der Waals surface area contributed by atoms with E-state index in [9.17, 15) is 0 Å². The molecule has 2 rings (SSSR count). The average Bonchev–Trinajstić information content (AvgIpc) is 2.01. The van der Waals surface area contributed by atoms with Gasteiger partial charge in [0.05, 0.1) is 6.10 Å². The Bertz CT molecular complexity index is 124. The second-order valence-corrected chi connectivity index (χ2v) is 3.84. The van der Waals surface area contributed by atoms with E-state index in [-0.39, 0.29) is 6.10 Å². The zero-order valence-electron chi connectivity index (χ0n) is 6.83. The summed E-state index contributed by atoms with van der Waals surface area (Å²) in [6, 6.07) is 0. The molecule has 1 saturated heterocycles. The van der Waals surface area contributed by atoms with Crippen LogP contribution in [0.3, 0.4) is 0 Å². The molecule has 64 valence electrons. The van der Waals surface area contributed by atoms with Gasteiger partial charge in [0, 0.05) is 13.2 Å². The molecule has 0 aromatic rings. The van der Waals surface area contributed by atoms with Crippen LogP contribution in [0.2, 0.25) is 0 Å². The molecule has 0 radical (unpaired) electrons. The lowest BCUT2D eigenvalue weighted by atomic mass is 9.71. The Labute approximate surface area is 67.6 Å². The first-order valence-electron chi connectivity index (χ1n) is 4.62. The Morgan fingerprint density at radius 1 is 1.00 bits per heavy atom. The summed E-state index contributed by atoms with van der Waals surface area (Å²) in [5.41, 5.74) is 0. The van der Waals surface area contributed by atoms with Gasteiger partial charge in [0.15, 0.2) is 0 Å². The highest BCUT2D eigenvalue weighted by Gasteiger charge is 2.34. The smallest absolute Gasteiger partial charge is 0.0545 e. The molecule has 2 aliphatic rings. The van der Waals surface area contributed by atoms with Crippen molar-refractivity contribution in [2.45, 2.75) is 31.8 Å². The minimum absolute atomic E-state index is 0.0165. The minimum Gasteiger partial charge on any atom is -0.393 e. The predicted molar refractivity (Wildman–Crippen MR) is 42.3 cm³/mol. The van der Waals surface area contributed by atoms with Crippen LogP contribution < -0.4 is 0 Å². The van der Waals surface area contributed by atoms with Gasteiger partial charge in [-0.3, -0.25) is 0 Å². The molecule has 1 aliphatic carbocycles. The van der Waals surface area contributed by atoms with Crippen LogP contribution >= 0.6 is 0 Å². The summed E-state index contributed by atoms with van der Waals surface area (Å²) in [5, 5.41) is 9.12. The van der Waals surface area contributed by atoms with Crippen molar-refractivity contribution >= 4 is 0 Å². The molecule has 2 nitrogen and oxygen atoms in total. The van der Waals surface area contributed by atoms with Crippen molar-refractivity contribution in [3.8, 4) is 0 Å². The lowest BCUT2D eigenvalue weighted by molar-refractivity contribution is -0.0258. The number of hydrogen-bond acceptors (Lipinski definition) is 2. The lowest BCUT2D eigenvalue weighted by Gasteiger charge is -2.39. The van der Waals surface area contributed by atoms with Crippen LogP contribution in [-0.4, -0.2) is 24.4 Å². The van der Waals surface area contributed by atoms with E-state index in [0.717, 1.165) is 37.9 Å². The SMILES string of the molecule is OC1CC(C2CCOCC2)C1. The lowest BCUT2D eigenvalue weighted by Crippen LogP contribution is -2.36. The van der Waals surface area contributed by atoms with E-state index in [0.29, 0.717) is 0 Å². The molecule has 1 saturated carbocycles. The monoisotopic (exact) mass is 156 g/mol. The third-order valence-electron chi connectivity index (χ3n) is 3.08. The fourth-order valence-electron chi connectivity index (χ4n) is 2.20. The molecule has 1 aliphatic heterocycles. The molecule has 1 N–H and O–H groups in total. The summed E-state index contributed by atoms with van der Waals surface area (Å²) >= 11 is 0. The second-order valence-electron chi connectivity index (χ2n) is 3.84. The molecule has 2 fully saturated rings. The van der Waals surface area contributed by atoms with Gasteiger partial charge in [-0.05, 0) is 37.5 Å². The van der Waals surface area contributed by atoms with Crippen LogP contribution in [-0.2, 0) is 4.74 Å². The molecule has 1 heterocycles. The third-order valence-corrected chi connectivity index (χ3v) is 3.08. The average molecular weight is 156 g/mol. The fourth-order valence-corrected chi connectivity index (χ4v) is 2.20. The summed E-state index contributed by atoms with van der Waals surface area (Å²) in [6.45, 7) is 1.88. The van der Waals surface area contributed by atoms with E-state index in [4.69, 9.17) is 9.84 Å². The molecule has 11 heavy (non-hydrogen) atoms. The summed E-state index contributed by atoms with van der Waals surface area (Å²) in [6.07, 6.45) is 4.55. The Balaban J connectivity index is 1.76. The van der Waals surface area contributed by atoms with Crippen molar-refractivity contribution in [3.05, 3.63) is 0 Å². The Kier molecular flexibility index (Phi) is 2.14. The summed E-state index contributed by atoms with van der Waals surface area (Å²) in [4.78, 5) is 0. The molecular weight excluding hydrogens is 140 g/mol. The van der Waals surface area contributed by atoms with E-state index in [1.54, 1.807) is 0 Å². The van der Waals surface area contributed by atoms with Gasteiger partial charge in [0.1, 0.15) is 0 Å². The topological polar surface area (TPSA) is 29.5 Å². The third kappa shape index (κ3) is 1.57. The zero-order chi connectivity index (χ0) is 7.68. The largest absolute Gasteiger partial charge is 0.393 e. The van der Waals surface area contributed by atoms with Gasteiger partial charge < -0.3 is 9.84 Å². The number of ether oxygens (including phenoxy) is 1. The maximum Gasteiger partial charge on any atom is 0.0545 e. The second kappa shape index (κ2) is 3.11. The van der Waals surface area contributed by atoms with Crippen LogP contribution in [0.25, 0.3) is 0 Å². The molecular formula is C9H16O2. The first-order valence-corrected chi connectivity index (χ1v) is 4.62. The van der Waals surface area contributed by atoms with E-state index in [2.05, 4.69) is 0 Å². The summed E-state index contributed by atoms with van der Waals surface area (Å²) < 4.78 is 5.28. The Morgan fingerprint density at radius 2 is 1.64 bits per heavy atom. The van der Waals surface area contributed by atoms with Gasteiger partial charge in [-0.25, -0.2) is 0 Å². The predicted octanol–water partition coefficient (Wildman–Crippen LogP) is 1.18. The van der Waals surface area contributed by atoms with Crippen LogP contribution in [0.1, 0.15) is 25.7 Å². The number of aliphatic hydroxyl groups is 1. The van der Waals surface area contributed by atoms with Crippen molar-refractivity contribution in [1.29, 1.82) is 0 Å². The maximum absolute atomic E-state index is 9.12. The highest BCUT2D eigenvalue weighted by Crippen LogP contribution is 2.38. The molecule has 0 amide bonds. The zero-order valence-corrected chi connectivity index (χ0v) is 6.83. The molecule has 2 heteroatoms. The fraction of sp³-hybridized carbons (Fsp3) is 1.00. The van der Waals surface area contributed by atoms with Gasteiger partial charge in [0.25, 0.3) is 0 Å². The van der Waals surface area contributed by atoms with Gasteiger partial charge in [-0.1, -0.05) is 0 Å². The molecule has 0 spiro atoms. The first kappa shape index (κ1) is 7.56. The van der Waals surface area contributed by atoms with E-state index in [1.807, 2.05) is 0 Å². The van der Waals surface area contributed by atoms with Crippen LogP contribution in [0.15, 0.2) is 0 Å². The van der Waals surface area contributed by atoms with Gasteiger partial charge in [-0.2, -0.15) is 0 Å². The Morgan fingerprint density at radius 3 is 2.18 bits per heavy atom. The minimum atomic E-state index is 0.0165. The summed E-state index contributed by atoms with van der Waals surface area (Å²) in [7, 11) is 0. The van der Waals surface area contributed by atoms with Crippen molar-refractivity contribution in [1.82, 2.24) is 0 Å². The highest BCUT2D eigenvalue weighted by molar-refractivity contribution is 4.84. The van der Waals surface area contributed by atoms with Crippen molar-refractivity contribution in [2.75, 3.05) is 13.2 Å². The van der Waals surface area contributed by atoms with Crippen LogP contribution in [0.5, 0.6) is 0 Å². The van der Waals surface area contributed by atoms with Crippen LogP contribution in [0, 0.1) is 11.8 Å². The highest BCUT2D eigenvalue weighted by atomic mass is 16.5. The molecule has 0 unspecified atom stereocenters. The molecule has 0 aromatic carbocycles. The van der Waals surface area contributed by atoms with Crippen molar-refractivity contribution in [2.24, 2.45) is 11.8 Å². The normalized spacial score (nSPS) is 40.1. The number of hydrogen-bond donors (Lipinski definition) is 1. The number of rotatable bonds is 1. The Hall–Kier alpha value is -0.0800. The number of aliphatic hydroxyl groups excluding tert-OH is 1. The first-order chi connectivity index (χ1) is 5.36. The molecule has 0 atom stereocenters.